The molecule has 0 aliphatic carbocycles. The van der Waals surface area contributed by atoms with Crippen LogP contribution in [0.3, 0.4) is 0 Å². The van der Waals surface area contributed by atoms with E-state index in [2.05, 4.69) is 84.9 Å². The molecule has 0 bridgehead atoms. The molecule has 0 fully saturated rings. The number of benzene rings is 3. The van der Waals surface area contributed by atoms with Crippen LogP contribution in [0.5, 0.6) is 0 Å². The average molecular weight is 304 g/mol. The Balaban J connectivity index is 1.92. The quantitative estimate of drug-likeness (QED) is 0.417. The van der Waals surface area contributed by atoms with Crippen molar-refractivity contribution in [2.45, 2.75) is 0 Å². The first-order valence-corrected chi connectivity index (χ1v) is 8.04. The molecule has 4 rings (SSSR count). The summed E-state index contributed by atoms with van der Waals surface area (Å²) in [6.07, 6.45) is 0. The highest BCUT2D eigenvalue weighted by Crippen LogP contribution is 2.32. The fraction of sp³-hybridized carbons (Fsp3) is 0. The first-order valence-electron chi connectivity index (χ1n) is 8.04. The second-order valence-electron chi connectivity index (χ2n) is 5.75. The summed E-state index contributed by atoms with van der Waals surface area (Å²) in [6.45, 7) is 0. The van der Waals surface area contributed by atoms with Gasteiger partial charge in [0.1, 0.15) is 0 Å². The van der Waals surface area contributed by atoms with Gasteiger partial charge >= 0.3 is 0 Å². The number of hydrogen-bond donors (Lipinski definition) is 0. The van der Waals surface area contributed by atoms with Gasteiger partial charge in [0.25, 0.3) is 0 Å². The molecule has 0 aliphatic heterocycles. The second kappa shape index (κ2) is 6.44. The Hall–Kier alpha value is -3.30. The maximum atomic E-state index is 3.05. The van der Waals surface area contributed by atoms with Crippen LogP contribution in [0.25, 0.3) is 33.4 Å². The zero-order valence-electron chi connectivity index (χ0n) is 13.2. The van der Waals surface area contributed by atoms with Gasteiger partial charge in [0.05, 0.1) is 0 Å². The Morgan fingerprint density at radius 1 is 0.417 bits per heavy atom. The van der Waals surface area contributed by atoms with Crippen LogP contribution in [0.1, 0.15) is 0 Å². The monoisotopic (exact) mass is 304 g/mol. The van der Waals surface area contributed by atoms with Crippen LogP contribution in [0, 0.1) is 12.1 Å². The molecule has 0 amide bonds. The number of rotatable bonds is 3. The molecule has 0 aliphatic rings. The predicted molar refractivity (Wildman–Crippen MR) is 100 cm³/mol. The highest BCUT2D eigenvalue weighted by molar-refractivity contribution is 5.80. The summed E-state index contributed by atoms with van der Waals surface area (Å²) in [6, 6.07) is 39.8. The standard InChI is InChI=1S/C24H16/c1-4-10-19(11-5-1)22-16-23(20-12-6-2-7-13-20)18-24(17-22)21-14-8-3-9-15-21/h1-2,4-8,10-18H. The molecule has 0 aromatic heterocycles. The summed E-state index contributed by atoms with van der Waals surface area (Å²) in [7, 11) is 0. The van der Waals surface area contributed by atoms with Crippen molar-refractivity contribution in [3.63, 3.8) is 0 Å². The molecule has 0 heteroatoms. The third-order valence-electron chi connectivity index (χ3n) is 4.14. The Morgan fingerprint density at radius 3 is 1.38 bits per heavy atom. The largest absolute Gasteiger partial charge is 0.0702 e. The van der Waals surface area contributed by atoms with Crippen molar-refractivity contribution < 1.29 is 0 Å². The van der Waals surface area contributed by atoms with Crippen LogP contribution >= 0.6 is 0 Å². The Bertz CT molecular complexity index is 784. The van der Waals surface area contributed by atoms with Crippen LogP contribution in [-0.4, -0.2) is 0 Å². The third kappa shape index (κ3) is 2.93. The predicted octanol–water partition coefficient (Wildman–Crippen LogP) is 6.29. The normalized spacial score (nSPS) is 10.2. The van der Waals surface area contributed by atoms with Gasteiger partial charge in [-0.25, -0.2) is 0 Å². The van der Waals surface area contributed by atoms with Gasteiger partial charge in [-0.1, -0.05) is 72.8 Å². The van der Waals surface area contributed by atoms with Gasteiger partial charge < -0.3 is 0 Å². The fourth-order valence-corrected chi connectivity index (χ4v) is 2.92. The molecule has 24 heavy (non-hydrogen) atoms. The van der Waals surface area contributed by atoms with E-state index in [1.54, 1.807) is 0 Å². The van der Waals surface area contributed by atoms with Gasteiger partial charge in [-0.05, 0) is 69.8 Å². The third-order valence-corrected chi connectivity index (χ3v) is 4.14. The van der Waals surface area contributed by atoms with Crippen LogP contribution in [0.15, 0.2) is 97.1 Å². The lowest BCUT2D eigenvalue weighted by atomic mass is 9.93. The molecule has 4 aromatic carbocycles. The molecule has 0 unspecified atom stereocenters. The molecule has 112 valence electrons. The molecule has 0 atom stereocenters. The maximum Gasteiger partial charge on any atom is -0.00365 e. The molecule has 0 nitrogen and oxygen atoms in total. The van der Waals surface area contributed by atoms with Gasteiger partial charge in [0, 0.05) is 0 Å². The van der Waals surface area contributed by atoms with Crippen molar-refractivity contribution in [2.75, 3.05) is 0 Å². The molecule has 0 saturated heterocycles. The van der Waals surface area contributed by atoms with Gasteiger partial charge in [0.2, 0.25) is 0 Å². The van der Waals surface area contributed by atoms with E-state index in [1.807, 2.05) is 24.3 Å². The first-order chi connectivity index (χ1) is 11.9. The van der Waals surface area contributed by atoms with Crippen LogP contribution < -0.4 is 0 Å². The van der Waals surface area contributed by atoms with E-state index in [0.717, 1.165) is 5.56 Å². The van der Waals surface area contributed by atoms with Crippen molar-refractivity contribution in [1.82, 2.24) is 0 Å². The number of hydrogen-bond acceptors (Lipinski definition) is 0. The van der Waals surface area contributed by atoms with E-state index in [4.69, 9.17) is 0 Å². The minimum absolute atomic E-state index is 1.16. The Morgan fingerprint density at radius 2 is 0.917 bits per heavy atom. The summed E-state index contributed by atoms with van der Waals surface area (Å²) >= 11 is 0. The molecule has 4 aromatic rings. The summed E-state index contributed by atoms with van der Waals surface area (Å²) in [5.74, 6) is 0. The molecule has 0 radical (unpaired) electrons. The molecular weight excluding hydrogens is 288 g/mol. The van der Waals surface area contributed by atoms with Gasteiger partial charge in [-0.15, -0.1) is 0 Å². The molecule has 0 heterocycles. The SMILES string of the molecule is c1ccc(-c2cc(-c3ccccc3)cc(-c3ccccc3)c2)cc#1. The molecule has 0 spiro atoms. The van der Waals surface area contributed by atoms with E-state index in [9.17, 15) is 0 Å². The van der Waals surface area contributed by atoms with E-state index < -0.39 is 0 Å². The maximum absolute atomic E-state index is 3.05. The minimum Gasteiger partial charge on any atom is -0.0702 e. The van der Waals surface area contributed by atoms with Crippen molar-refractivity contribution in [1.29, 1.82) is 0 Å². The smallest absolute Gasteiger partial charge is 0.00365 e. The Labute approximate surface area is 143 Å². The van der Waals surface area contributed by atoms with Gasteiger partial charge in [-0.3, -0.25) is 0 Å². The minimum atomic E-state index is 1.16. The first kappa shape index (κ1) is 14.3. The second-order valence-corrected chi connectivity index (χ2v) is 5.75. The highest BCUT2D eigenvalue weighted by Gasteiger charge is 2.06. The summed E-state index contributed by atoms with van der Waals surface area (Å²) in [5, 5.41) is 0. The molecular formula is C24H16. The molecule has 0 saturated carbocycles. The lowest BCUT2D eigenvalue weighted by molar-refractivity contribution is 1.57. The zero-order valence-corrected chi connectivity index (χ0v) is 13.2. The average Bonchev–Trinajstić information content (AvgIpc) is 2.70. The Kier molecular flexibility index (Phi) is 3.84. The lowest BCUT2D eigenvalue weighted by Crippen LogP contribution is -1.85. The highest BCUT2D eigenvalue weighted by atomic mass is 14.1. The van der Waals surface area contributed by atoms with Crippen LogP contribution in [0.2, 0.25) is 0 Å². The molecule has 0 N–H and O–H groups in total. The van der Waals surface area contributed by atoms with E-state index in [1.165, 1.54) is 27.8 Å². The van der Waals surface area contributed by atoms with E-state index in [0.29, 0.717) is 0 Å². The van der Waals surface area contributed by atoms with Crippen molar-refractivity contribution in [3.8, 4) is 33.4 Å². The van der Waals surface area contributed by atoms with Crippen molar-refractivity contribution in [3.05, 3.63) is 109 Å². The zero-order chi connectivity index (χ0) is 16.2. The van der Waals surface area contributed by atoms with Crippen molar-refractivity contribution in [2.24, 2.45) is 0 Å². The van der Waals surface area contributed by atoms with E-state index >= 15 is 0 Å². The van der Waals surface area contributed by atoms with Gasteiger partial charge in [0.15, 0.2) is 0 Å². The summed E-state index contributed by atoms with van der Waals surface area (Å²) < 4.78 is 0. The summed E-state index contributed by atoms with van der Waals surface area (Å²) in [4.78, 5) is 0. The lowest BCUT2D eigenvalue weighted by Gasteiger charge is -2.11. The van der Waals surface area contributed by atoms with E-state index in [-0.39, 0.29) is 0 Å². The van der Waals surface area contributed by atoms with Gasteiger partial charge in [-0.2, -0.15) is 0 Å². The van der Waals surface area contributed by atoms with Crippen molar-refractivity contribution >= 4 is 0 Å². The topological polar surface area (TPSA) is 0 Å². The summed E-state index contributed by atoms with van der Waals surface area (Å²) in [5.41, 5.74) is 7.25. The van der Waals surface area contributed by atoms with Crippen LogP contribution in [0.4, 0.5) is 0 Å². The fourth-order valence-electron chi connectivity index (χ4n) is 2.92. The van der Waals surface area contributed by atoms with Crippen LogP contribution in [-0.2, 0) is 0 Å².